The van der Waals surface area contributed by atoms with E-state index in [2.05, 4.69) is 0 Å². The van der Waals surface area contributed by atoms with Crippen molar-refractivity contribution in [2.24, 2.45) is 5.92 Å². The highest BCUT2D eigenvalue weighted by atomic mass is 16.6. The second-order valence-electron chi connectivity index (χ2n) is 7.29. The van der Waals surface area contributed by atoms with E-state index < -0.39 is 5.60 Å². The van der Waals surface area contributed by atoms with Crippen LogP contribution in [0.25, 0.3) is 0 Å². The van der Waals surface area contributed by atoms with E-state index in [0.29, 0.717) is 32.8 Å². The van der Waals surface area contributed by atoms with Gasteiger partial charge in [0.05, 0.1) is 19.8 Å². The lowest BCUT2D eigenvalue weighted by Crippen LogP contribution is -2.45. The van der Waals surface area contributed by atoms with E-state index in [-0.39, 0.29) is 24.0 Å². The number of nitrogens with zero attached hydrogens (tertiary/aromatic N) is 1. The minimum absolute atomic E-state index is 0.0147. The summed E-state index contributed by atoms with van der Waals surface area (Å²) in [7, 11) is 0. The Labute approximate surface area is 144 Å². The number of hydrogen-bond acceptors (Lipinski definition) is 5. The van der Waals surface area contributed by atoms with Crippen molar-refractivity contribution in [2.75, 3.05) is 26.4 Å². The van der Waals surface area contributed by atoms with Gasteiger partial charge in [0, 0.05) is 24.6 Å². The van der Waals surface area contributed by atoms with E-state index in [9.17, 15) is 9.59 Å². The van der Waals surface area contributed by atoms with E-state index >= 15 is 0 Å². The molecule has 0 aliphatic carbocycles. The van der Waals surface area contributed by atoms with E-state index in [4.69, 9.17) is 14.2 Å². The van der Waals surface area contributed by atoms with Crippen LogP contribution in [-0.4, -0.2) is 55.0 Å². The van der Waals surface area contributed by atoms with Gasteiger partial charge >= 0.3 is 12.1 Å². The van der Waals surface area contributed by atoms with Crippen LogP contribution < -0.4 is 0 Å². The Morgan fingerprint density at radius 2 is 2.12 bits per heavy atom. The summed E-state index contributed by atoms with van der Waals surface area (Å²) in [5.74, 6) is -0.292. The van der Waals surface area contributed by atoms with Gasteiger partial charge in [0.25, 0.3) is 0 Å². The van der Waals surface area contributed by atoms with Crippen molar-refractivity contribution in [3.63, 3.8) is 0 Å². The van der Waals surface area contributed by atoms with E-state index in [0.717, 1.165) is 18.4 Å². The Morgan fingerprint density at radius 1 is 1.38 bits per heavy atom. The maximum absolute atomic E-state index is 12.5. The molecule has 2 aliphatic heterocycles. The van der Waals surface area contributed by atoms with Crippen molar-refractivity contribution in [3.05, 3.63) is 11.6 Å². The zero-order chi connectivity index (χ0) is 17.7. The summed E-state index contributed by atoms with van der Waals surface area (Å²) in [5, 5.41) is 0. The molecule has 0 saturated carbocycles. The average molecular weight is 339 g/mol. The molecule has 1 amide bonds. The van der Waals surface area contributed by atoms with Gasteiger partial charge in [-0.05, 0) is 47.0 Å². The zero-order valence-electron chi connectivity index (χ0n) is 15.2. The lowest BCUT2D eigenvalue weighted by Gasteiger charge is -2.36. The molecule has 2 aliphatic rings. The SMILES string of the molecule is CCOC(=O)/C=C1/CCOCC1C1CCCN1C(=O)OC(C)(C)C. The smallest absolute Gasteiger partial charge is 0.410 e. The van der Waals surface area contributed by atoms with Crippen molar-refractivity contribution >= 4 is 12.1 Å². The fraction of sp³-hybridized carbons (Fsp3) is 0.778. The van der Waals surface area contributed by atoms with Crippen LogP contribution in [-0.2, 0) is 19.0 Å². The number of likely N-dealkylation sites (tertiary alicyclic amines) is 1. The maximum Gasteiger partial charge on any atom is 0.410 e. The first-order valence-electron chi connectivity index (χ1n) is 8.76. The second-order valence-corrected chi connectivity index (χ2v) is 7.29. The fourth-order valence-electron chi connectivity index (χ4n) is 3.32. The van der Waals surface area contributed by atoms with Crippen LogP contribution in [0.15, 0.2) is 11.6 Å². The molecule has 0 aromatic heterocycles. The molecule has 6 heteroatoms. The molecule has 2 heterocycles. The van der Waals surface area contributed by atoms with Crippen molar-refractivity contribution in [3.8, 4) is 0 Å². The van der Waals surface area contributed by atoms with Crippen molar-refractivity contribution in [2.45, 2.75) is 58.6 Å². The Morgan fingerprint density at radius 3 is 2.79 bits per heavy atom. The molecule has 0 bridgehead atoms. The molecule has 24 heavy (non-hydrogen) atoms. The van der Waals surface area contributed by atoms with Crippen LogP contribution in [0.5, 0.6) is 0 Å². The largest absolute Gasteiger partial charge is 0.463 e. The number of carbonyl (C=O) groups excluding carboxylic acids is 2. The number of carbonyl (C=O) groups is 2. The number of rotatable bonds is 3. The summed E-state index contributed by atoms with van der Waals surface area (Å²) in [6.45, 7) is 9.55. The van der Waals surface area contributed by atoms with Gasteiger partial charge in [-0.15, -0.1) is 0 Å². The highest BCUT2D eigenvalue weighted by Crippen LogP contribution is 2.33. The molecule has 2 fully saturated rings. The number of hydrogen-bond donors (Lipinski definition) is 0. The topological polar surface area (TPSA) is 65.1 Å². The van der Waals surface area contributed by atoms with Gasteiger partial charge in [0.15, 0.2) is 0 Å². The molecule has 0 radical (unpaired) electrons. The Balaban J connectivity index is 2.13. The number of amides is 1. The molecular weight excluding hydrogens is 310 g/mol. The van der Waals surface area contributed by atoms with E-state index in [1.165, 1.54) is 0 Å². The first kappa shape index (κ1) is 18.8. The molecule has 0 N–H and O–H groups in total. The quantitative estimate of drug-likeness (QED) is 0.584. The maximum atomic E-state index is 12.5. The molecule has 2 atom stereocenters. The second kappa shape index (κ2) is 8.01. The molecule has 0 aromatic rings. The normalized spacial score (nSPS) is 26.5. The highest BCUT2D eigenvalue weighted by Gasteiger charge is 2.39. The minimum Gasteiger partial charge on any atom is -0.463 e. The Hall–Kier alpha value is -1.56. The fourth-order valence-corrected chi connectivity index (χ4v) is 3.32. The van der Waals surface area contributed by atoms with Crippen LogP contribution in [0.3, 0.4) is 0 Å². The summed E-state index contributed by atoms with van der Waals surface area (Å²) < 4.78 is 16.2. The van der Waals surface area contributed by atoms with Crippen LogP contribution >= 0.6 is 0 Å². The summed E-state index contributed by atoms with van der Waals surface area (Å²) in [6, 6.07) is 0.0147. The highest BCUT2D eigenvalue weighted by molar-refractivity contribution is 5.83. The minimum atomic E-state index is -0.517. The lowest BCUT2D eigenvalue weighted by atomic mass is 9.86. The van der Waals surface area contributed by atoms with Crippen molar-refractivity contribution < 1.29 is 23.8 Å². The van der Waals surface area contributed by atoms with Gasteiger partial charge in [0.1, 0.15) is 5.60 Å². The average Bonchev–Trinajstić information content (AvgIpc) is 2.95. The van der Waals surface area contributed by atoms with Gasteiger partial charge in [-0.1, -0.05) is 5.57 Å². The predicted octanol–water partition coefficient (Wildman–Crippen LogP) is 2.91. The molecule has 6 nitrogen and oxygen atoms in total. The van der Waals surface area contributed by atoms with Gasteiger partial charge < -0.3 is 19.1 Å². The molecule has 2 rings (SSSR count). The molecular formula is C18H29NO5. The Kier molecular flexibility index (Phi) is 6.27. The van der Waals surface area contributed by atoms with Crippen molar-refractivity contribution in [1.29, 1.82) is 0 Å². The molecule has 2 unspecified atom stereocenters. The van der Waals surface area contributed by atoms with Crippen LogP contribution in [0, 0.1) is 5.92 Å². The van der Waals surface area contributed by atoms with Crippen LogP contribution in [0.4, 0.5) is 4.79 Å². The molecule has 0 aromatic carbocycles. The van der Waals surface area contributed by atoms with Gasteiger partial charge in [0.2, 0.25) is 0 Å². The first-order valence-corrected chi connectivity index (χ1v) is 8.76. The summed E-state index contributed by atoms with van der Waals surface area (Å²) >= 11 is 0. The van der Waals surface area contributed by atoms with Crippen LogP contribution in [0.2, 0.25) is 0 Å². The standard InChI is InChI=1S/C18H29NO5/c1-5-23-16(20)11-13-8-10-22-12-14(13)15-7-6-9-19(15)17(21)24-18(2,3)4/h11,14-15H,5-10,12H2,1-4H3/b13-11-. The van der Waals surface area contributed by atoms with Crippen LogP contribution in [0.1, 0.15) is 47.0 Å². The molecule has 136 valence electrons. The summed E-state index contributed by atoms with van der Waals surface area (Å²) in [4.78, 5) is 26.1. The first-order chi connectivity index (χ1) is 11.3. The third-order valence-electron chi connectivity index (χ3n) is 4.29. The molecule has 2 saturated heterocycles. The van der Waals surface area contributed by atoms with Crippen molar-refractivity contribution in [1.82, 2.24) is 4.90 Å². The number of esters is 1. The van der Waals surface area contributed by atoms with Gasteiger partial charge in [-0.25, -0.2) is 9.59 Å². The summed E-state index contributed by atoms with van der Waals surface area (Å²) in [6.07, 6.45) is 3.83. The third-order valence-corrected chi connectivity index (χ3v) is 4.29. The predicted molar refractivity (Wildman–Crippen MR) is 89.6 cm³/mol. The lowest BCUT2D eigenvalue weighted by molar-refractivity contribution is -0.137. The Bertz CT molecular complexity index is 494. The monoisotopic (exact) mass is 339 g/mol. The third kappa shape index (κ3) is 4.97. The zero-order valence-corrected chi connectivity index (χ0v) is 15.2. The van der Waals surface area contributed by atoms with E-state index in [1.54, 1.807) is 17.9 Å². The molecule has 0 spiro atoms. The number of ether oxygens (including phenoxy) is 3. The summed E-state index contributed by atoms with van der Waals surface area (Å²) in [5.41, 5.74) is 0.497. The van der Waals surface area contributed by atoms with Gasteiger partial charge in [-0.2, -0.15) is 0 Å². The van der Waals surface area contributed by atoms with E-state index in [1.807, 2.05) is 20.8 Å². The van der Waals surface area contributed by atoms with Gasteiger partial charge in [-0.3, -0.25) is 0 Å².